The van der Waals surface area contributed by atoms with Gasteiger partial charge in [-0.2, -0.15) is 0 Å². The Bertz CT molecular complexity index is 1000. The van der Waals surface area contributed by atoms with Gasteiger partial charge in [0.05, 0.1) is 35.2 Å². The lowest BCUT2D eigenvalue weighted by molar-refractivity contribution is 0.0302. The molecule has 2 heterocycles. The number of hydrogen-bond donors (Lipinski definition) is 3. The number of rotatable bonds is 5. The van der Waals surface area contributed by atoms with Crippen LogP contribution in [0.1, 0.15) is 82.6 Å². The molecule has 10 heteroatoms. The number of aliphatic hydroxyl groups excluding tert-OH is 1. The lowest BCUT2D eigenvalue weighted by Crippen LogP contribution is -2.59. The normalized spacial score (nSPS) is 24.9. The van der Waals surface area contributed by atoms with Crippen molar-refractivity contribution in [2.45, 2.75) is 103 Å². The number of aromatic nitrogens is 1. The molecule has 9 nitrogen and oxygen atoms in total. The quantitative estimate of drug-likeness (QED) is 0.503. The van der Waals surface area contributed by atoms with E-state index in [2.05, 4.69) is 49.1 Å². The molecule has 3 rings (SSSR count). The first kappa shape index (κ1) is 28.4. The molecule has 0 radical (unpaired) electrons. The summed E-state index contributed by atoms with van der Waals surface area (Å²) in [5.41, 5.74) is 8.04. The predicted molar refractivity (Wildman–Crippen MR) is 143 cm³/mol. The summed E-state index contributed by atoms with van der Waals surface area (Å²) < 4.78 is 12.1. The molecule has 1 saturated heterocycles. The zero-order valence-electron chi connectivity index (χ0n) is 23.3. The van der Waals surface area contributed by atoms with Crippen LogP contribution >= 0.6 is 0 Å². The van der Waals surface area contributed by atoms with Gasteiger partial charge in [-0.25, -0.2) is 4.79 Å². The highest BCUT2D eigenvalue weighted by molar-refractivity contribution is 6.74. The Morgan fingerprint density at radius 1 is 1.19 bits per heavy atom. The van der Waals surface area contributed by atoms with Crippen molar-refractivity contribution in [2.24, 2.45) is 11.7 Å². The third-order valence-electron chi connectivity index (χ3n) is 7.59. The minimum atomic E-state index is -2.04. The highest BCUT2D eigenvalue weighted by atomic mass is 28.4. The number of nitrogens with one attached hydrogen (secondary N) is 1. The second-order valence-electron chi connectivity index (χ2n) is 12.8. The average molecular weight is 521 g/mol. The summed E-state index contributed by atoms with van der Waals surface area (Å²) in [7, 11) is -2.04. The number of amides is 2. The molecule has 1 aliphatic heterocycles. The molecule has 1 aliphatic carbocycles. The first-order valence-electron chi connectivity index (χ1n) is 12.8. The number of primary amides is 1. The minimum absolute atomic E-state index is 0.0603. The van der Waals surface area contributed by atoms with E-state index in [-0.39, 0.29) is 17.1 Å². The van der Waals surface area contributed by atoms with E-state index in [9.17, 15) is 14.7 Å². The Morgan fingerprint density at radius 3 is 2.39 bits per heavy atom. The number of carbonyl (C=O) groups is 2. The number of anilines is 1. The summed E-state index contributed by atoms with van der Waals surface area (Å²) in [6.45, 7) is 19.2. The minimum Gasteiger partial charge on any atom is -0.444 e. The van der Waals surface area contributed by atoms with Gasteiger partial charge in [0.15, 0.2) is 8.32 Å². The van der Waals surface area contributed by atoms with Crippen LogP contribution in [0.2, 0.25) is 18.1 Å². The second kappa shape index (κ2) is 9.94. The lowest BCUT2D eigenvalue weighted by atomic mass is 9.91. The molecule has 1 unspecified atom stereocenters. The van der Waals surface area contributed by atoms with Crippen molar-refractivity contribution in [3.8, 4) is 0 Å². The SMILES string of the molecule is C[C@H]1CN(c2c(C(N)=O)cnc3c2CCC3O[Si](C)(C)C(C)(C)C)C[C@@H](NC(=O)OC(C)(C)C)[C@@H]1O. The van der Waals surface area contributed by atoms with Gasteiger partial charge in [-0.15, -0.1) is 0 Å². The van der Waals surface area contributed by atoms with Gasteiger partial charge < -0.3 is 30.2 Å². The molecule has 1 fully saturated rings. The van der Waals surface area contributed by atoms with Crippen LogP contribution in [0.3, 0.4) is 0 Å². The van der Waals surface area contributed by atoms with Crippen molar-refractivity contribution in [2.75, 3.05) is 18.0 Å². The van der Waals surface area contributed by atoms with E-state index in [0.29, 0.717) is 18.7 Å². The molecule has 0 bridgehead atoms. The van der Waals surface area contributed by atoms with Crippen molar-refractivity contribution >= 4 is 26.0 Å². The van der Waals surface area contributed by atoms with Gasteiger partial charge in [-0.3, -0.25) is 9.78 Å². The molecule has 4 atom stereocenters. The standard InChI is InChI=1S/C26H44N4O5Si/c1-15-13-30(14-18(22(15)31)29-24(33)34-25(2,3)4)21-16-10-11-19(35-36(8,9)26(5,6)7)20(16)28-12-17(21)23(27)32/h12,15,18-19,22,31H,10-11,13-14H2,1-9H3,(H2,27,32)(H,29,33)/t15-,18+,19?,22+/m0/s1. The van der Waals surface area contributed by atoms with Crippen molar-refractivity contribution in [3.05, 3.63) is 23.0 Å². The van der Waals surface area contributed by atoms with Gasteiger partial charge in [-0.1, -0.05) is 27.7 Å². The summed E-state index contributed by atoms with van der Waals surface area (Å²) in [6, 6.07) is -0.575. The fourth-order valence-electron chi connectivity index (χ4n) is 4.73. The molecule has 1 aromatic heterocycles. The van der Waals surface area contributed by atoms with Gasteiger partial charge in [0, 0.05) is 30.8 Å². The Morgan fingerprint density at radius 2 is 1.83 bits per heavy atom. The van der Waals surface area contributed by atoms with Crippen LogP contribution in [0.25, 0.3) is 0 Å². The monoisotopic (exact) mass is 520 g/mol. The van der Waals surface area contributed by atoms with Gasteiger partial charge in [0.25, 0.3) is 5.91 Å². The van der Waals surface area contributed by atoms with Gasteiger partial charge in [0.1, 0.15) is 5.60 Å². The topological polar surface area (TPSA) is 127 Å². The van der Waals surface area contributed by atoms with Crippen LogP contribution in [0.15, 0.2) is 6.20 Å². The molecule has 1 aromatic rings. The Labute approximate surface area is 216 Å². The molecule has 2 amide bonds. The number of pyridine rings is 1. The van der Waals surface area contributed by atoms with Gasteiger partial charge >= 0.3 is 6.09 Å². The second-order valence-corrected chi connectivity index (χ2v) is 17.5. The first-order valence-corrected chi connectivity index (χ1v) is 15.7. The summed E-state index contributed by atoms with van der Waals surface area (Å²) in [5.74, 6) is -0.714. The molecule has 4 N–H and O–H groups in total. The molecular formula is C26H44N4O5Si. The zero-order valence-corrected chi connectivity index (χ0v) is 24.3. The van der Waals surface area contributed by atoms with Crippen molar-refractivity contribution in [3.63, 3.8) is 0 Å². The van der Waals surface area contributed by atoms with Gasteiger partial charge in [-0.05, 0) is 51.7 Å². The number of piperidine rings is 1. The number of fused-ring (bicyclic) bond motifs is 1. The maximum Gasteiger partial charge on any atom is 0.408 e. The maximum atomic E-state index is 12.5. The zero-order chi connectivity index (χ0) is 27.2. The third kappa shape index (κ3) is 6.03. The van der Waals surface area contributed by atoms with Crippen LogP contribution in [-0.4, -0.2) is 61.2 Å². The third-order valence-corrected chi connectivity index (χ3v) is 12.1. The first-order chi connectivity index (χ1) is 16.4. The van der Waals surface area contributed by atoms with Crippen LogP contribution in [0.4, 0.5) is 10.5 Å². The Kier molecular flexibility index (Phi) is 7.84. The largest absolute Gasteiger partial charge is 0.444 e. The molecule has 36 heavy (non-hydrogen) atoms. The van der Waals surface area contributed by atoms with Crippen LogP contribution in [-0.2, 0) is 15.6 Å². The van der Waals surface area contributed by atoms with E-state index in [4.69, 9.17) is 14.9 Å². The summed E-state index contributed by atoms with van der Waals surface area (Å²) in [5, 5.41) is 13.7. The Hall–Kier alpha value is -2.17. The number of hydrogen-bond acceptors (Lipinski definition) is 7. The fourth-order valence-corrected chi connectivity index (χ4v) is 6.02. The van der Waals surface area contributed by atoms with Crippen LogP contribution in [0.5, 0.6) is 0 Å². The highest BCUT2D eigenvalue weighted by Crippen LogP contribution is 2.46. The molecule has 2 aliphatic rings. The van der Waals surface area contributed by atoms with Crippen LogP contribution < -0.4 is 16.0 Å². The molecule has 202 valence electrons. The highest BCUT2D eigenvalue weighted by Gasteiger charge is 2.43. The maximum absolute atomic E-state index is 12.5. The van der Waals surface area contributed by atoms with Crippen LogP contribution in [0, 0.1) is 5.92 Å². The predicted octanol–water partition coefficient (Wildman–Crippen LogP) is 3.90. The van der Waals surface area contributed by atoms with E-state index in [1.165, 1.54) is 0 Å². The van der Waals surface area contributed by atoms with E-state index < -0.39 is 38.1 Å². The van der Waals surface area contributed by atoms with Crippen molar-refractivity contribution in [1.82, 2.24) is 10.3 Å². The number of alkyl carbamates (subject to hydrolysis) is 1. The smallest absolute Gasteiger partial charge is 0.408 e. The van der Waals surface area contributed by atoms with E-state index in [1.54, 1.807) is 27.0 Å². The van der Waals surface area contributed by atoms with Crippen molar-refractivity contribution < 1.29 is 23.9 Å². The molecule has 0 saturated carbocycles. The molecule has 0 aromatic carbocycles. The fraction of sp³-hybridized carbons (Fsp3) is 0.731. The summed E-state index contributed by atoms with van der Waals surface area (Å²) in [4.78, 5) is 31.6. The van der Waals surface area contributed by atoms with Crippen molar-refractivity contribution in [1.29, 1.82) is 0 Å². The number of nitrogens with two attached hydrogens (primary N) is 1. The lowest BCUT2D eigenvalue weighted by Gasteiger charge is -2.42. The van der Waals surface area contributed by atoms with E-state index in [0.717, 1.165) is 29.8 Å². The van der Waals surface area contributed by atoms with E-state index in [1.807, 2.05) is 6.92 Å². The summed E-state index contributed by atoms with van der Waals surface area (Å²) in [6.07, 6.45) is 1.58. The Balaban J connectivity index is 1.95. The number of carbonyl (C=O) groups excluding carboxylic acids is 2. The number of nitrogens with zero attached hydrogens (tertiary/aromatic N) is 2. The molecule has 0 spiro atoms. The number of aliphatic hydroxyl groups is 1. The number of ether oxygens (including phenoxy) is 1. The van der Waals surface area contributed by atoms with Gasteiger partial charge in [0.2, 0.25) is 0 Å². The molecular weight excluding hydrogens is 476 g/mol. The van der Waals surface area contributed by atoms with E-state index >= 15 is 0 Å². The summed E-state index contributed by atoms with van der Waals surface area (Å²) >= 11 is 0. The average Bonchev–Trinajstić information content (AvgIpc) is 3.10.